The summed E-state index contributed by atoms with van der Waals surface area (Å²) in [6, 6.07) is 9.16. The number of hydrogen-bond acceptors (Lipinski definition) is 1. The molecule has 0 bridgehead atoms. The molecule has 24 heavy (non-hydrogen) atoms. The van der Waals surface area contributed by atoms with Crippen LogP contribution in [0.25, 0.3) is 10.9 Å². The number of rotatable bonds is 4. The molecule has 4 rings (SSSR count). The first-order chi connectivity index (χ1) is 11.7. The average Bonchev–Trinajstić information content (AvgIpc) is 2.89. The second kappa shape index (κ2) is 6.55. The van der Waals surface area contributed by atoms with Crippen LogP contribution in [0.4, 0.5) is 0 Å². The van der Waals surface area contributed by atoms with Gasteiger partial charge in [-0.25, -0.2) is 0 Å². The summed E-state index contributed by atoms with van der Waals surface area (Å²) in [5.41, 5.74) is 5.47. The number of aromatic nitrogens is 1. The highest BCUT2D eigenvalue weighted by Gasteiger charge is 2.37. The van der Waals surface area contributed by atoms with Crippen molar-refractivity contribution in [1.29, 1.82) is 0 Å². The zero-order valence-corrected chi connectivity index (χ0v) is 15.5. The van der Waals surface area contributed by atoms with Crippen molar-refractivity contribution in [2.45, 2.75) is 64.3 Å². The Morgan fingerprint density at radius 3 is 2.62 bits per heavy atom. The van der Waals surface area contributed by atoms with E-state index in [0.29, 0.717) is 5.41 Å². The number of para-hydroxylation sites is 1. The van der Waals surface area contributed by atoms with Crippen LogP contribution in [0.3, 0.4) is 0 Å². The van der Waals surface area contributed by atoms with E-state index in [4.69, 9.17) is 0 Å². The molecule has 2 nitrogen and oxygen atoms in total. The van der Waals surface area contributed by atoms with Gasteiger partial charge in [-0.3, -0.25) is 0 Å². The normalized spacial score (nSPS) is 20.0. The molecule has 1 aromatic carbocycles. The van der Waals surface area contributed by atoms with Gasteiger partial charge in [0.2, 0.25) is 0 Å². The van der Waals surface area contributed by atoms with E-state index in [2.05, 4.69) is 47.8 Å². The number of hydrogen-bond donors (Lipinski definition) is 0. The van der Waals surface area contributed by atoms with E-state index in [1.165, 1.54) is 76.4 Å². The molecule has 1 fully saturated rings. The van der Waals surface area contributed by atoms with Crippen LogP contribution < -0.4 is 0 Å². The molecule has 2 aliphatic rings. The maximum Gasteiger partial charge on any atom is 0.0485 e. The van der Waals surface area contributed by atoms with Crippen LogP contribution >= 0.6 is 0 Å². The molecule has 2 aromatic rings. The SMILES string of the molecule is CN(C)CCCn1c2c(c3ccccc31)CC1(CCCCC1)CC2. The molecule has 0 aliphatic heterocycles. The summed E-state index contributed by atoms with van der Waals surface area (Å²) < 4.78 is 2.66. The third-order valence-corrected chi connectivity index (χ3v) is 6.54. The van der Waals surface area contributed by atoms with Crippen LogP contribution in [-0.4, -0.2) is 30.1 Å². The van der Waals surface area contributed by atoms with Gasteiger partial charge in [0, 0.05) is 23.1 Å². The Morgan fingerprint density at radius 1 is 1.04 bits per heavy atom. The molecule has 1 saturated carbocycles. The van der Waals surface area contributed by atoms with E-state index in [9.17, 15) is 0 Å². The summed E-state index contributed by atoms with van der Waals surface area (Å²) in [5.74, 6) is 0. The van der Waals surface area contributed by atoms with Crippen molar-refractivity contribution in [2.75, 3.05) is 20.6 Å². The highest BCUT2D eigenvalue weighted by molar-refractivity contribution is 5.86. The fourth-order valence-corrected chi connectivity index (χ4v) is 5.29. The Kier molecular flexibility index (Phi) is 4.42. The lowest BCUT2D eigenvalue weighted by molar-refractivity contribution is 0.161. The van der Waals surface area contributed by atoms with Crippen LogP contribution in [0, 0.1) is 5.41 Å². The van der Waals surface area contributed by atoms with E-state index in [-0.39, 0.29) is 0 Å². The van der Waals surface area contributed by atoms with Crippen molar-refractivity contribution in [3.8, 4) is 0 Å². The predicted octanol–water partition coefficient (Wildman–Crippen LogP) is 5.03. The number of fused-ring (bicyclic) bond motifs is 3. The first-order valence-electron chi connectivity index (χ1n) is 9.92. The topological polar surface area (TPSA) is 8.17 Å². The summed E-state index contributed by atoms with van der Waals surface area (Å²) >= 11 is 0. The van der Waals surface area contributed by atoms with Gasteiger partial charge in [-0.1, -0.05) is 37.5 Å². The summed E-state index contributed by atoms with van der Waals surface area (Å²) in [5, 5.41) is 1.54. The monoisotopic (exact) mass is 324 g/mol. The molecule has 0 unspecified atom stereocenters. The second-order valence-corrected chi connectivity index (χ2v) is 8.49. The number of aryl methyl sites for hydroxylation is 1. The van der Waals surface area contributed by atoms with E-state index < -0.39 is 0 Å². The van der Waals surface area contributed by atoms with Crippen LogP contribution in [0.2, 0.25) is 0 Å². The third-order valence-electron chi connectivity index (χ3n) is 6.54. The van der Waals surface area contributed by atoms with Crippen molar-refractivity contribution >= 4 is 10.9 Å². The Hall–Kier alpha value is -1.28. The van der Waals surface area contributed by atoms with E-state index in [0.717, 1.165) is 0 Å². The smallest absolute Gasteiger partial charge is 0.0485 e. The Labute approximate surface area is 146 Å². The van der Waals surface area contributed by atoms with Gasteiger partial charge in [-0.15, -0.1) is 0 Å². The van der Waals surface area contributed by atoms with Crippen molar-refractivity contribution in [3.05, 3.63) is 35.5 Å². The molecule has 0 radical (unpaired) electrons. The largest absolute Gasteiger partial charge is 0.344 e. The molecule has 0 amide bonds. The molecule has 1 spiro atoms. The molecular weight excluding hydrogens is 292 g/mol. The van der Waals surface area contributed by atoms with Crippen LogP contribution in [-0.2, 0) is 19.4 Å². The van der Waals surface area contributed by atoms with Gasteiger partial charge in [0.05, 0.1) is 0 Å². The van der Waals surface area contributed by atoms with Gasteiger partial charge in [-0.05, 0) is 76.2 Å². The Bertz CT molecular complexity index is 704. The maximum atomic E-state index is 2.66. The predicted molar refractivity (Wildman–Crippen MR) is 103 cm³/mol. The molecule has 2 aliphatic carbocycles. The summed E-state index contributed by atoms with van der Waals surface area (Å²) in [7, 11) is 4.35. The maximum absolute atomic E-state index is 2.66. The van der Waals surface area contributed by atoms with Gasteiger partial charge >= 0.3 is 0 Å². The summed E-state index contributed by atoms with van der Waals surface area (Å²) in [4.78, 5) is 2.30. The average molecular weight is 325 g/mol. The van der Waals surface area contributed by atoms with Gasteiger partial charge in [0.15, 0.2) is 0 Å². The lowest BCUT2D eigenvalue weighted by atomic mass is 9.65. The first kappa shape index (κ1) is 16.2. The fourth-order valence-electron chi connectivity index (χ4n) is 5.29. The van der Waals surface area contributed by atoms with E-state index in [1.807, 2.05) is 0 Å². The molecule has 1 aromatic heterocycles. The minimum atomic E-state index is 0.629. The fraction of sp³-hybridized carbons (Fsp3) is 0.636. The van der Waals surface area contributed by atoms with Crippen molar-refractivity contribution in [2.24, 2.45) is 5.41 Å². The third kappa shape index (κ3) is 2.90. The quantitative estimate of drug-likeness (QED) is 0.765. The van der Waals surface area contributed by atoms with Crippen molar-refractivity contribution in [3.63, 3.8) is 0 Å². The lowest BCUT2D eigenvalue weighted by Crippen LogP contribution is -2.31. The van der Waals surface area contributed by atoms with Crippen molar-refractivity contribution in [1.82, 2.24) is 9.47 Å². The molecule has 1 heterocycles. The van der Waals surface area contributed by atoms with Gasteiger partial charge < -0.3 is 9.47 Å². The standard InChI is InChI=1S/C22H32N2/c1-23(2)15-8-16-24-20-10-5-4-9-18(20)19-17-22(14-11-21(19)24)12-6-3-7-13-22/h4-5,9-10H,3,6-8,11-17H2,1-2H3. The Balaban J connectivity index is 1.68. The molecule has 0 N–H and O–H groups in total. The molecule has 0 atom stereocenters. The van der Waals surface area contributed by atoms with Gasteiger partial charge in [-0.2, -0.15) is 0 Å². The summed E-state index contributed by atoms with van der Waals surface area (Å²) in [6.45, 7) is 2.34. The first-order valence-corrected chi connectivity index (χ1v) is 9.92. The molecule has 0 saturated heterocycles. The van der Waals surface area contributed by atoms with Crippen LogP contribution in [0.1, 0.15) is 56.2 Å². The number of nitrogens with zero attached hydrogens (tertiary/aromatic N) is 2. The lowest BCUT2D eigenvalue weighted by Gasteiger charge is -2.41. The Morgan fingerprint density at radius 2 is 1.83 bits per heavy atom. The van der Waals surface area contributed by atoms with Crippen molar-refractivity contribution < 1.29 is 0 Å². The molecule has 2 heteroatoms. The molecular formula is C22H32N2. The van der Waals surface area contributed by atoms with Gasteiger partial charge in [0.25, 0.3) is 0 Å². The van der Waals surface area contributed by atoms with Gasteiger partial charge in [0.1, 0.15) is 0 Å². The highest BCUT2D eigenvalue weighted by Crippen LogP contribution is 2.48. The second-order valence-electron chi connectivity index (χ2n) is 8.49. The minimum absolute atomic E-state index is 0.629. The van der Waals surface area contributed by atoms with E-state index >= 15 is 0 Å². The zero-order valence-electron chi connectivity index (χ0n) is 15.5. The highest BCUT2D eigenvalue weighted by atomic mass is 15.1. The minimum Gasteiger partial charge on any atom is -0.344 e. The molecule has 130 valence electrons. The van der Waals surface area contributed by atoms with Crippen LogP contribution in [0.5, 0.6) is 0 Å². The van der Waals surface area contributed by atoms with Crippen LogP contribution in [0.15, 0.2) is 24.3 Å². The number of benzene rings is 1. The van der Waals surface area contributed by atoms with E-state index in [1.54, 1.807) is 16.6 Å². The summed E-state index contributed by atoms with van der Waals surface area (Å²) in [6.07, 6.45) is 12.6. The zero-order chi connectivity index (χ0) is 16.6.